The number of fused-ring (bicyclic) bond motifs is 1. The number of aryl methyl sites for hydroxylation is 1. The van der Waals surface area contributed by atoms with E-state index in [4.69, 9.17) is 16.3 Å². The molecule has 3 saturated carbocycles. The lowest BCUT2D eigenvalue weighted by Crippen LogP contribution is -2.53. The first-order chi connectivity index (χ1) is 14.3. The third-order valence-electron chi connectivity index (χ3n) is 6.20. The van der Waals surface area contributed by atoms with Gasteiger partial charge in [-0.3, -0.25) is 9.59 Å². The van der Waals surface area contributed by atoms with E-state index in [1.807, 2.05) is 31.2 Å². The second kappa shape index (κ2) is 8.26. The van der Waals surface area contributed by atoms with Crippen molar-refractivity contribution in [2.24, 2.45) is 11.8 Å². The molecule has 2 aromatic carbocycles. The van der Waals surface area contributed by atoms with Crippen molar-refractivity contribution in [1.82, 2.24) is 10.6 Å². The number of nitrogens with one attached hydrogen (secondary N) is 2. The summed E-state index contributed by atoms with van der Waals surface area (Å²) in [5.74, 6) is -0.357. The Morgan fingerprint density at radius 2 is 1.97 bits per heavy atom. The Hall–Kier alpha value is -2.60. The van der Waals surface area contributed by atoms with E-state index in [0.29, 0.717) is 18.9 Å². The van der Waals surface area contributed by atoms with E-state index < -0.39 is 5.82 Å². The number of amides is 2. The smallest absolute Gasteiger partial charge is 0.258 e. The lowest BCUT2D eigenvalue weighted by atomic mass is 9.76. The van der Waals surface area contributed by atoms with Crippen molar-refractivity contribution in [3.8, 4) is 5.75 Å². The van der Waals surface area contributed by atoms with E-state index in [1.54, 1.807) is 0 Å². The zero-order chi connectivity index (χ0) is 21.3. The summed E-state index contributed by atoms with van der Waals surface area (Å²) in [4.78, 5) is 25.0. The van der Waals surface area contributed by atoms with Crippen LogP contribution in [0.3, 0.4) is 0 Å². The molecule has 2 N–H and O–H groups in total. The molecule has 0 aromatic heterocycles. The van der Waals surface area contributed by atoms with E-state index in [2.05, 4.69) is 10.6 Å². The first-order valence-electron chi connectivity index (χ1n) is 10.1. The van der Waals surface area contributed by atoms with E-state index in [-0.39, 0.29) is 40.7 Å². The molecule has 0 radical (unpaired) electrons. The van der Waals surface area contributed by atoms with Gasteiger partial charge in [0, 0.05) is 24.1 Å². The van der Waals surface area contributed by atoms with Crippen LogP contribution in [-0.2, 0) is 16.1 Å². The maximum atomic E-state index is 13.5. The van der Waals surface area contributed by atoms with E-state index >= 15 is 0 Å². The lowest BCUT2D eigenvalue weighted by Gasteiger charge is -2.39. The van der Waals surface area contributed by atoms with Gasteiger partial charge >= 0.3 is 0 Å². The molecule has 7 heteroatoms. The van der Waals surface area contributed by atoms with Crippen LogP contribution in [0.15, 0.2) is 42.5 Å². The van der Waals surface area contributed by atoms with Crippen LogP contribution < -0.4 is 15.4 Å². The Kier molecular flexibility index (Phi) is 5.69. The van der Waals surface area contributed by atoms with Crippen LogP contribution in [0.4, 0.5) is 4.39 Å². The summed E-state index contributed by atoms with van der Waals surface area (Å²) in [6.07, 6.45) is 2.24. The first-order valence-corrected chi connectivity index (χ1v) is 10.4. The van der Waals surface area contributed by atoms with Gasteiger partial charge in [-0.1, -0.05) is 35.9 Å². The minimum absolute atomic E-state index is 0.00361. The van der Waals surface area contributed by atoms with Gasteiger partial charge in [-0.2, -0.15) is 0 Å². The highest BCUT2D eigenvalue weighted by Crippen LogP contribution is 2.55. The predicted octanol–water partition coefficient (Wildman–Crippen LogP) is 3.77. The van der Waals surface area contributed by atoms with E-state index in [9.17, 15) is 14.0 Å². The van der Waals surface area contributed by atoms with Gasteiger partial charge in [0.1, 0.15) is 11.6 Å². The van der Waals surface area contributed by atoms with Gasteiger partial charge in [0.2, 0.25) is 5.91 Å². The van der Waals surface area contributed by atoms with Crippen LogP contribution in [0.25, 0.3) is 0 Å². The van der Waals surface area contributed by atoms with Gasteiger partial charge in [-0.25, -0.2) is 4.39 Å². The summed E-state index contributed by atoms with van der Waals surface area (Å²) in [5.41, 5.74) is 1.92. The third kappa shape index (κ3) is 4.29. The summed E-state index contributed by atoms with van der Waals surface area (Å²) >= 11 is 5.64. The van der Waals surface area contributed by atoms with E-state index in [0.717, 1.165) is 30.0 Å². The van der Waals surface area contributed by atoms with Crippen molar-refractivity contribution in [2.75, 3.05) is 6.61 Å². The molecule has 3 aliphatic rings. The fraction of sp³-hybridized carbons (Fsp3) is 0.391. The molecule has 0 aliphatic heterocycles. The van der Waals surface area contributed by atoms with Gasteiger partial charge in [-0.05, 0) is 55.4 Å². The van der Waals surface area contributed by atoms with Crippen molar-refractivity contribution < 1.29 is 18.7 Å². The standard InChI is InChI=1S/C23H24ClFN2O3/c1-14-4-2-3-5-15(14)12-26-22(29)18-11-23(9-16(18)10-23)27-21(28)13-30-17-6-7-19(24)20(25)8-17/h2-8,16,18H,9-13H2,1H3,(H,26,29)(H,27,28). The molecule has 0 saturated heterocycles. The minimum Gasteiger partial charge on any atom is -0.484 e. The number of carbonyl (C=O) groups is 2. The number of halogens is 2. The zero-order valence-corrected chi connectivity index (χ0v) is 17.5. The van der Waals surface area contributed by atoms with Crippen LogP contribution in [0.2, 0.25) is 5.02 Å². The largest absolute Gasteiger partial charge is 0.484 e. The highest BCUT2D eigenvalue weighted by Gasteiger charge is 2.58. The maximum Gasteiger partial charge on any atom is 0.258 e. The molecule has 5 nitrogen and oxygen atoms in total. The van der Waals surface area contributed by atoms with Crippen molar-refractivity contribution >= 4 is 23.4 Å². The molecule has 2 aromatic rings. The van der Waals surface area contributed by atoms with Gasteiger partial charge in [-0.15, -0.1) is 0 Å². The fourth-order valence-electron chi connectivity index (χ4n) is 4.61. The highest BCUT2D eigenvalue weighted by atomic mass is 35.5. The molecule has 0 spiro atoms. The number of benzene rings is 2. The minimum atomic E-state index is -0.592. The second-order valence-electron chi connectivity index (χ2n) is 8.32. The summed E-state index contributed by atoms with van der Waals surface area (Å²) in [5, 5.41) is 6.07. The number of rotatable bonds is 7. The molecular weight excluding hydrogens is 407 g/mol. The second-order valence-corrected chi connectivity index (χ2v) is 8.72. The van der Waals surface area contributed by atoms with Crippen molar-refractivity contribution in [3.05, 3.63) is 64.4 Å². The lowest BCUT2D eigenvalue weighted by molar-refractivity contribution is -0.126. The zero-order valence-electron chi connectivity index (χ0n) is 16.7. The summed E-state index contributed by atoms with van der Waals surface area (Å²) in [6.45, 7) is 2.33. The Morgan fingerprint density at radius 1 is 1.20 bits per heavy atom. The summed E-state index contributed by atoms with van der Waals surface area (Å²) in [6, 6.07) is 12.0. The van der Waals surface area contributed by atoms with Gasteiger partial charge < -0.3 is 15.4 Å². The molecule has 158 valence electrons. The molecule has 2 amide bonds. The van der Waals surface area contributed by atoms with Crippen molar-refractivity contribution in [1.29, 1.82) is 0 Å². The fourth-order valence-corrected chi connectivity index (χ4v) is 4.73. The molecule has 5 rings (SSSR count). The molecule has 3 fully saturated rings. The monoisotopic (exact) mass is 430 g/mol. The van der Waals surface area contributed by atoms with Gasteiger partial charge in [0.15, 0.2) is 6.61 Å². The molecule has 1 unspecified atom stereocenters. The molecular formula is C23H24ClFN2O3. The molecule has 1 atom stereocenters. The number of hydrogen-bond donors (Lipinski definition) is 2. The molecule has 30 heavy (non-hydrogen) atoms. The average Bonchev–Trinajstić information content (AvgIpc) is 3.23. The SMILES string of the molecule is Cc1ccccc1CNC(=O)C1CC2(NC(=O)COc3ccc(Cl)c(F)c3)CC1C2. The predicted molar refractivity (Wildman–Crippen MR) is 112 cm³/mol. The number of carbonyl (C=O) groups excluding carboxylic acids is 2. The van der Waals surface area contributed by atoms with Gasteiger partial charge in [0.25, 0.3) is 5.91 Å². The Bertz CT molecular complexity index is 975. The van der Waals surface area contributed by atoms with Crippen LogP contribution in [-0.4, -0.2) is 24.0 Å². The quantitative estimate of drug-likeness (QED) is 0.702. The van der Waals surface area contributed by atoms with E-state index in [1.165, 1.54) is 12.1 Å². The Labute approximate surface area is 179 Å². The van der Waals surface area contributed by atoms with Crippen LogP contribution in [0.5, 0.6) is 5.75 Å². The normalized spacial score (nSPS) is 24.1. The summed E-state index contributed by atoms with van der Waals surface area (Å²) in [7, 11) is 0. The molecule has 0 heterocycles. The topological polar surface area (TPSA) is 67.4 Å². The Morgan fingerprint density at radius 3 is 2.70 bits per heavy atom. The highest BCUT2D eigenvalue weighted by molar-refractivity contribution is 6.30. The van der Waals surface area contributed by atoms with Crippen LogP contribution in [0.1, 0.15) is 30.4 Å². The Balaban J connectivity index is 1.26. The first kappa shape index (κ1) is 20.7. The molecule has 3 aliphatic carbocycles. The van der Waals surface area contributed by atoms with Crippen LogP contribution >= 0.6 is 11.6 Å². The third-order valence-corrected chi connectivity index (χ3v) is 6.51. The summed E-state index contributed by atoms with van der Waals surface area (Å²) < 4.78 is 18.8. The number of ether oxygens (including phenoxy) is 1. The van der Waals surface area contributed by atoms with Gasteiger partial charge in [0.05, 0.1) is 5.02 Å². The van der Waals surface area contributed by atoms with Crippen molar-refractivity contribution in [3.63, 3.8) is 0 Å². The maximum absolute atomic E-state index is 13.5. The molecule has 2 bridgehead atoms. The average molecular weight is 431 g/mol. The number of hydrogen-bond acceptors (Lipinski definition) is 3. The van der Waals surface area contributed by atoms with Crippen molar-refractivity contribution in [2.45, 2.75) is 38.3 Å². The van der Waals surface area contributed by atoms with Crippen LogP contribution in [0, 0.1) is 24.6 Å².